The van der Waals surface area contributed by atoms with Gasteiger partial charge < -0.3 is 44.3 Å². The van der Waals surface area contributed by atoms with Gasteiger partial charge in [0.15, 0.2) is 6.10 Å². The average Bonchev–Trinajstić information content (AvgIpc) is 3.92. The lowest BCUT2D eigenvalue weighted by molar-refractivity contribution is -0.152. The number of unbranched alkanes of at least 4 members (excludes halogenated alkanes) is 3. The van der Waals surface area contributed by atoms with E-state index in [-0.39, 0.29) is 68.2 Å². The minimum atomic E-state index is -1.20. The third-order valence-electron chi connectivity index (χ3n) is 13.1. The summed E-state index contributed by atoms with van der Waals surface area (Å²) < 4.78 is 24.3. The molecule has 2 fully saturated rings. The van der Waals surface area contributed by atoms with Gasteiger partial charge >= 0.3 is 18.0 Å². The lowest BCUT2D eigenvalue weighted by Crippen LogP contribution is -2.56. The number of aliphatic carboxylic acids is 1. The maximum absolute atomic E-state index is 14.1. The van der Waals surface area contributed by atoms with E-state index in [1.807, 2.05) is 47.6 Å². The van der Waals surface area contributed by atoms with Crippen LogP contribution in [0.4, 0.5) is 4.79 Å². The summed E-state index contributed by atoms with van der Waals surface area (Å²) >= 11 is 0. The molecule has 4 heterocycles. The van der Waals surface area contributed by atoms with Crippen molar-refractivity contribution < 1.29 is 63.3 Å². The molecular weight excluding hydrogens is 827 g/mol. The zero-order chi connectivity index (χ0) is 47.2. The molecule has 4 N–H and O–H groups in total. The minimum Gasteiger partial charge on any atom is -0.481 e. The zero-order valence-corrected chi connectivity index (χ0v) is 39.1. The van der Waals surface area contributed by atoms with Crippen LogP contribution in [0.15, 0.2) is 48.1 Å². The second kappa shape index (κ2) is 24.6. The molecule has 1 unspecified atom stereocenters. The Balaban J connectivity index is 1.44. The molecule has 0 radical (unpaired) electrons. The second-order valence-corrected chi connectivity index (χ2v) is 18.5. The van der Waals surface area contributed by atoms with E-state index in [0.29, 0.717) is 64.0 Å². The molecule has 64 heavy (non-hydrogen) atoms. The SMILES string of the molecule is CCO[C@]1(C)CC[C@@H](O)CC(=O)O[C@H](/C(C)=C/C=C/[C@](C)(O)C[C@H]2O[C@@H]2[C@H](C)[C@@H](O)CC)[C@@H](C)/C=C/[C@@H]1OC(=O)N1CCN(CCCCCCN2C(=O)C=CC2=O)C(CCC(=O)O)C1. The van der Waals surface area contributed by atoms with Crippen molar-refractivity contribution in [2.24, 2.45) is 11.8 Å². The van der Waals surface area contributed by atoms with Crippen LogP contribution in [0.2, 0.25) is 0 Å². The summed E-state index contributed by atoms with van der Waals surface area (Å²) in [4.78, 5) is 67.7. The second-order valence-electron chi connectivity index (χ2n) is 18.5. The number of nitrogens with zero attached hydrogens (tertiary/aromatic N) is 3. The van der Waals surface area contributed by atoms with Crippen LogP contribution < -0.4 is 0 Å². The molecule has 0 aromatic rings. The van der Waals surface area contributed by atoms with E-state index in [9.17, 15) is 44.4 Å². The number of carboxylic acid groups (broad SMARTS) is 1. The van der Waals surface area contributed by atoms with Crippen molar-refractivity contribution in [3.63, 3.8) is 0 Å². The third kappa shape index (κ3) is 15.9. The lowest BCUT2D eigenvalue weighted by atomic mass is 9.88. The molecule has 11 atom stereocenters. The van der Waals surface area contributed by atoms with Gasteiger partial charge in [-0.3, -0.25) is 29.0 Å². The lowest BCUT2D eigenvalue weighted by Gasteiger charge is -2.42. The standard InChI is InChI=1S/C48H75N3O13/c1-8-37(53)34(5)45-38(62-45)30-47(6,60)23-14-15-32(3)44-33(4)16-18-39(48(7,61-9-2)24-22-36(52)29-43(58)64-44)63-46(59)50-28-27-49(35(31-50)17-21-42(56)57)25-12-10-11-13-26-51-40(54)19-20-41(51)55/h14-16,18-20,23,33-39,44-45,52-53,60H,8-13,17,21-22,24-31H2,1-7H3,(H,56,57)/b18-16+,23-14+,32-15+/t33-,34+,35?,36+,37-,38+,39-,44+,45+,47-,48+/m0/s1. The number of esters is 1. The van der Waals surface area contributed by atoms with E-state index in [1.165, 1.54) is 17.1 Å². The van der Waals surface area contributed by atoms with Gasteiger partial charge in [-0.2, -0.15) is 0 Å². The number of allylic oxidation sites excluding steroid dienone is 2. The average molecular weight is 902 g/mol. The van der Waals surface area contributed by atoms with Gasteiger partial charge in [0.25, 0.3) is 11.8 Å². The maximum Gasteiger partial charge on any atom is 0.410 e. The van der Waals surface area contributed by atoms with Crippen LogP contribution >= 0.6 is 0 Å². The van der Waals surface area contributed by atoms with Crippen LogP contribution in [0.3, 0.4) is 0 Å². The molecule has 4 aliphatic rings. The molecule has 16 nitrogen and oxygen atoms in total. The fourth-order valence-corrected chi connectivity index (χ4v) is 8.96. The first-order valence-electron chi connectivity index (χ1n) is 23.3. The van der Waals surface area contributed by atoms with E-state index in [4.69, 9.17) is 18.9 Å². The number of imide groups is 1. The number of epoxide rings is 1. The largest absolute Gasteiger partial charge is 0.481 e. The Kier molecular flexibility index (Phi) is 20.2. The van der Waals surface area contributed by atoms with Crippen molar-refractivity contribution in [1.82, 2.24) is 14.7 Å². The molecule has 0 aromatic heterocycles. The van der Waals surface area contributed by atoms with Crippen molar-refractivity contribution in [2.45, 2.75) is 173 Å². The van der Waals surface area contributed by atoms with Crippen LogP contribution in [0.25, 0.3) is 0 Å². The summed E-state index contributed by atoms with van der Waals surface area (Å²) in [6.07, 6.45) is 12.0. The normalized spacial score (nSPS) is 30.9. The molecule has 0 spiro atoms. The highest BCUT2D eigenvalue weighted by molar-refractivity contribution is 6.12. The van der Waals surface area contributed by atoms with Gasteiger partial charge in [0.05, 0.1) is 36.4 Å². The number of piperazine rings is 1. The highest BCUT2D eigenvalue weighted by Crippen LogP contribution is 2.38. The Morgan fingerprint density at radius 1 is 1.06 bits per heavy atom. The number of carboxylic acids is 1. The number of carbonyl (C=O) groups is 5. The number of rotatable bonds is 21. The summed E-state index contributed by atoms with van der Waals surface area (Å²) in [7, 11) is 0. The van der Waals surface area contributed by atoms with Crippen LogP contribution in [-0.2, 0) is 38.1 Å². The van der Waals surface area contributed by atoms with Gasteiger partial charge in [0, 0.05) is 75.7 Å². The Hall–Kier alpha value is -3.93. The monoisotopic (exact) mass is 902 g/mol. The van der Waals surface area contributed by atoms with Gasteiger partial charge in [-0.05, 0) is 84.4 Å². The van der Waals surface area contributed by atoms with E-state index in [1.54, 1.807) is 36.1 Å². The molecule has 16 heteroatoms. The molecule has 4 aliphatic heterocycles. The number of amides is 3. The third-order valence-corrected chi connectivity index (χ3v) is 13.1. The van der Waals surface area contributed by atoms with Crippen LogP contribution in [0.1, 0.15) is 119 Å². The molecule has 0 aliphatic carbocycles. The molecule has 3 amide bonds. The zero-order valence-electron chi connectivity index (χ0n) is 39.1. The van der Waals surface area contributed by atoms with Crippen molar-refractivity contribution in [3.8, 4) is 0 Å². The van der Waals surface area contributed by atoms with E-state index < -0.39 is 59.6 Å². The Bertz CT molecular complexity index is 1690. The van der Waals surface area contributed by atoms with Crippen LogP contribution in [0.5, 0.6) is 0 Å². The smallest absolute Gasteiger partial charge is 0.410 e. The van der Waals surface area contributed by atoms with Crippen molar-refractivity contribution in [2.75, 3.05) is 39.3 Å². The number of aliphatic hydroxyl groups excluding tert-OH is 2. The maximum atomic E-state index is 14.1. The molecule has 0 bridgehead atoms. The summed E-state index contributed by atoms with van der Waals surface area (Å²) in [5, 5.41) is 41.9. The highest BCUT2D eigenvalue weighted by atomic mass is 16.6. The van der Waals surface area contributed by atoms with Crippen LogP contribution in [0, 0.1) is 11.8 Å². The van der Waals surface area contributed by atoms with Gasteiger partial charge in [-0.1, -0.05) is 57.9 Å². The predicted molar refractivity (Wildman–Crippen MR) is 239 cm³/mol. The predicted octanol–water partition coefficient (Wildman–Crippen LogP) is 5.09. The summed E-state index contributed by atoms with van der Waals surface area (Å²) in [5.74, 6) is -2.52. The number of hydrogen-bond acceptors (Lipinski definition) is 13. The topological polar surface area (TPSA) is 216 Å². The fraction of sp³-hybridized carbons (Fsp3) is 0.729. The van der Waals surface area contributed by atoms with Gasteiger partial charge in [-0.25, -0.2) is 4.79 Å². The number of ether oxygens (including phenoxy) is 4. The summed E-state index contributed by atoms with van der Waals surface area (Å²) in [6, 6.07) is -0.214. The first-order valence-corrected chi connectivity index (χ1v) is 23.3. The molecule has 360 valence electrons. The number of cyclic esters (lactones) is 1. The fourth-order valence-electron chi connectivity index (χ4n) is 8.96. The minimum absolute atomic E-state index is 0.0404. The molecule has 4 rings (SSSR count). The van der Waals surface area contributed by atoms with Gasteiger partial charge in [0.2, 0.25) is 0 Å². The molecular formula is C48H75N3O13. The Labute approximate surface area is 379 Å². The molecule has 0 saturated carbocycles. The van der Waals surface area contributed by atoms with E-state index in [2.05, 4.69) is 4.90 Å². The Morgan fingerprint density at radius 3 is 2.41 bits per heavy atom. The Morgan fingerprint density at radius 2 is 1.75 bits per heavy atom. The van der Waals surface area contributed by atoms with E-state index in [0.717, 1.165) is 19.3 Å². The number of carbonyl (C=O) groups excluding carboxylic acids is 4. The first-order chi connectivity index (χ1) is 30.3. The molecule has 2 saturated heterocycles. The summed E-state index contributed by atoms with van der Waals surface area (Å²) in [5.41, 5.74) is -1.59. The number of aliphatic hydroxyl groups is 3. The van der Waals surface area contributed by atoms with Gasteiger partial charge in [-0.15, -0.1) is 0 Å². The summed E-state index contributed by atoms with van der Waals surface area (Å²) in [6.45, 7) is 15.4. The van der Waals surface area contributed by atoms with Gasteiger partial charge in [0.1, 0.15) is 11.7 Å². The van der Waals surface area contributed by atoms with Crippen molar-refractivity contribution in [3.05, 3.63) is 48.1 Å². The number of hydrogen-bond donors (Lipinski definition) is 4. The van der Waals surface area contributed by atoms with Crippen LogP contribution in [-0.4, -0.2) is 158 Å². The van der Waals surface area contributed by atoms with E-state index >= 15 is 0 Å². The highest BCUT2D eigenvalue weighted by Gasteiger charge is 2.47. The molecule has 0 aromatic carbocycles. The quantitative estimate of drug-likeness (QED) is 0.0295. The van der Waals surface area contributed by atoms with Crippen molar-refractivity contribution >= 4 is 29.8 Å². The van der Waals surface area contributed by atoms with Crippen molar-refractivity contribution in [1.29, 1.82) is 0 Å². The first kappa shape index (κ1) is 52.7.